The molecule has 0 unspecified atom stereocenters. The van der Waals surface area contributed by atoms with Crippen molar-refractivity contribution in [1.29, 1.82) is 0 Å². The van der Waals surface area contributed by atoms with E-state index in [4.69, 9.17) is 5.73 Å². The summed E-state index contributed by atoms with van der Waals surface area (Å²) in [4.78, 5) is 24.3. The Kier molecular flexibility index (Phi) is 2.75. The first-order valence-electron chi connectivity index (χ1n) is 5.23. The number of Topliss-reactive ketones (excluding diaryl/α,β-unsaturated/α-hetero) is 1. The standard InChI is InChI=1S/C12H14N2O2/c1-8(15)7-14-11-3-2-9(6-13)4-10(11)5-12(14)16/h2-4H,5-7,13H2,1H3. The normalized spacial score (nSPS) is 14.1. The maximum absolute atomic E-state index is 11.7. The number of anilines is 1. The largest absolute Gasteiger partial charge is 0.326 e. The van der Waals surface area contributed by atoms with E-state index < -0.39 is 0 Å². The van der Waals surface area contributed by atoms with E-state index in [0.29, 0.717) is 13.0 Å². The van der Waals surface area contributed by atoms with E-state index in [9.17, 15) is 9.59 Å². The summed E-state index contributed by atoms with van der Waals surface area (Å²) in [6.07, 6.45) is 0.371. The summed E-state index contributed by atoms with van der Waals surface area (Å²) in [5.41, 5.74) is 8.36. The number of amides is 1. The number of nitrogens with two attached hydrogens (primary N) is 1. The molecule has 0 saturated heterocycles. The zero-order valence-electron chi connectivity index (χ0n) is 9.19. The van der Waals surface area contributed by atoms with Crippen molar-refractivity contribution in [3.63, 3.8) is 0 Å². The van der Waals surface area contributed by atoms with Crippen LogP contribution >= 0.6 is 0 Å². The summed E-state index contributed by atoms with van der Waals surface area (Å²) < 4.78 is 0. The molecule has 4 nitrogen and oxygen atoms in total. The van der Waals surface area contributed by atoms with E-state index in [1.165, 1.54) is 11.8 Å². The summed E-state index contributed by atoms with van der Waals surface area (Å²) >= 11 is 0. The van der Waals surface area contributed by atoms with Gasteiger partial charge in [0.15, 0.2) is 0 Å². The quantitative estimate of drug-likeness (QED) is 0.809. The fourth-order valence-corrected chi connectivity index (χ4v) is 1.96. The Morgan fingerprint density at radius 2 is 2.25 bits per heavy atom. The van der Waals surface area contributed by atoms with Crippen LogP contribution in [-0.2, 0) is 22.6 Å². The minimum atomic E-state index is -0.0145. The van der Waals surface area contributed by atoms with Gasteiger partial charge in [0.05, 0.1) is 13.0 Å². The second-order valence-corrected chi connectivity index (χ2v) is 4.03. The molecule has 16 heavy (non-hydrogen) atoms. The molecule has 1 aliphatic heterocycles. The molecule has 2 N–H and O–H groups in total. The van der Waals surface area contributed by atoms with Crippen LogP contribution in [-0.4, -0.2) is 18.2 Å². The van der Waals surface area contributed by atoms with Gasteiger partial charge in [0.2, 0.25) is 5.91 Å². The van der Waals surface area contributed by atoms with Crippen molar-refractivity contribution < 1.29 is 9.59 Å². The predicted octanol–water partition coefficient (Wildman–Crippen LogP) is 0.623. The zero-order valence-corrected chi connectivity index (χ0v) is 9.19. The monoisotopic (exact) mass is 218 g/mol. The third-order valence-electron chi connectivity index (χ3n) is 2.69. The Morgan fingerprint density at radius 3 is 2.88 bits per heavy atom. The Bertz CT molecular complexity index is 454. The van der Waals surface area contributed by atoms with Crippen molar-refractivity contribution in [2.24, 2.45) is 5.73 Å². The first kappa shape index (κ1) is 10.8. The number of hydrogen-bond donors (Lipinski definition) is 1. The van der Waals surface area contributed by atoms with Crippen molar-refractivity contribution >= 4 is 17.4 Å². The number of benzene rings is 1. The fraction of sp³-hybridized carbons (Fsp3) is 0.333. The topological polar surface area (TPSA) is 63.4 Å². The summed E-state index contributed by atoms with van der Waals surface area (Å²) in [5.74, 6) is -0.0246. The molecule has 0 radical (unpaired) electrons. The lowest BCUT2D eigenvalue weighted by atomic mass is 10.1. The minimum Gasteiger partial charge on any atom is -0.326 e. The van der Waals surface area contributed by atoms with Gasteiger partial charge < -0.3 is 10.6 Å². The average molecular weight is 218 g/mol. The molecule has 0 saturated carbocycles. The number of rotatable bonds is 3. The van der Waals surface area contributed by atoms with Gasteiger partial charge in [-0.05, 0) is 24.1 Å². The number of nitrogens with zero attached hydrogens (tertiary/aromatic N) is 1. The highest BCUT2D eigenvalue weighted by molar-refractivity contribution is 6.05. The average Bonchev–Trinajstić information content (AvgIpc) is 2.54. The van der Waals surface area contributed by atoms with E-state index in [1.807, 2.05) is 18.2 Å². The molecule has 0 spiro atoms. The summed E-state index contributed by atoms with van der Waals surface area (Å²) in [5, 5.41) is 0. The van der Waals surface area contributed by atoms with Gasteiger partial charge >= 0.3 is 0 Å². The van der Waals surface area contributed by atoms with E-state index in [-0.39, 0.29) is 18.2 Å². The summed E-state index contributed by atoms with van der Waals surface area (Å²) in [7, 11) is 0. The Labute approximate surface area is 94.0 Å². The molecule has 1 amide bonds. The lowest BCUT2D eigenvalue weighted by molar-refractivity contribution is -0.121. The summed E-state index contributed by atoms with van der Waals surface area (Å²) in [6, 6.07) is 5.70. The lowest BCUT2D eigenvalue weighted by Crippen LogP contribution is -2.31. The third kappa shape index (κ3) is 1.84. The predicted molar refractivity (Wildman–Crippen MR) is 61.1 cm³/mol. The second kappa shape index (κ2) is 4.06. The molecule has 0 aromatic heterocycles. The minimum absolute atomic E-state index is 0.0101. The van der Waals surface area contributed by atoms with Crippen LogP contribution < -0.4 is 10.6 Å². The third-order valence-corrected chi connectivity index (χ3v) is 2.69. The van der Waals surface area contributed by atoms with E-state index in [2.05, 4.69) is 0 Å². The highest BCUT2D eigenvalue weighted by atomic mass is 16.2. The number of ketones is 1. The van der Waals surface area contributed by atoms with Gasteiger partial charge in [-0.2, -0.15) is 0 Å². The van der Waals surface area contributed by atoms with Crippen LogP contribution in [0.2, 0.25) is 0 Å². The molecule has 84 valence electrons. The van der Waals surface area contributed by atoms with Crippen LogP contribution in [0, 0.1) is 0 Å². The van der Waals surface area contributed by atoms with Crippen LogP contribution in [0.15, 0.2) is 18.2 Å². The number of carbonyl (C=O) groups is 2. The van der Waals surface area contributed by atoms with Crippen LogP contribution in [0.5, 0.6) is 0 Å². The molecule has 4 heteroatoms. The molecule has 0 fully saturated rings. The number of fused-ring (bicyclic) bond motifs is 1. The van der Waals surface area contributed by atoms with Gasteiger partial charge in [-0.15, -0.1) is 0 Å². The molecule has 0 atom stereocenters. The Morgan fingerprint density at radius 1 is 1.50 bits per heavy atom. The maximum atomic E-state index is 11.7. The van der Waals surface area contributed by atoms with Gasteiger partial charge in [-0.25, -0.2) is 0 Å². The molecule has 0 bridgehead atoms. The van der Waals surface area contributed by atoms with Crippen LogP contribution in [0.25, 0.3) is 0 Å². The van der Waals surface area contributed by atoms with Crippen LogP contribution in [0.1, 0.15) is 18.1 Å². The van der Waals surface area contributed by atoms with Crippen molar-refractivity contribution in [3.8, 4) is 0 Å². The number of carbonyl (C=O) groups excluding carboxylic acids is 2. The van der Waals surface area contributed by atoms with Gasteiger partial charge in [0, 0.05) is 12.2 Å². The number of hydrogen-bond acceptors (Lipinski definition) is 3. The lowest BCUT2D eigenvalue weighted by Gasteiger charge is -2.15. The molecular weight excluding hydrogens is 204 g/mol. The molecule has 0 aliphatic carbocycles. The summed E-state index contributed by atoms with van der Waals surface area (Å²) in [6.45, 7) is 2.11. The molecule has 1 aliphatic rings. The molecule has 2 rings (SSSR count). The molecular formula is C12H14N2O2. The SMILES string of the molecule is CC(=O)CN1C(=O)Cc2cc(CN)ccc21. The maximum Gasteiger partial charge on any atom is 0.231 e. The van der Waals surface area contributed by atoms with Crippen molar-refractivity contribution in [2.75, 3.05) is 11.4 Å². The fourth-order valence-electron chi connectivity index (χ4n) is 1.96. The van der Waals surface area contributed by atoms with Crippen LogP contribution in [0.4, 0.5) is 5.69 Å². The second-order valence-electron chi connectivity index (χ2n) is 4.03. The van der Waals surface area contributed by atoms with E-state index >= 15 is 0 Å². The molecule has 1 aromatic carbocycles. The zero-order chi connectivity index (χ0) is 11.7. The molecule has 1 aromatic rings. The van der Waals surface area contributed by atoms with E-state index in [1.54, 1.807) is 0 Å². The van der Waals surface area contributed by atoms with Crippen molar-refractivity contribution in [3.05, 3.63) is 29.3 Å². The van der Waals surface area contributed by atoms with Gasteiger partial charge in [0.1, 0.15) is 5.78 Å². The highest BCUT2D eigenvalue weighted by Crippen LogP contribution is 2.29. The van der Waals surface area contributed by atoms with Gasteiger partial charge in [-0.1, -0.05) is 12.1 Å². The smallest absolute Gasteiger partial charge is 0.231 e. The highest BCUT2D eigenvalue weighted by Gasteiger charge is 2.27. The van der Waals surface area contributed by atoms with Crippen molar-refractivity contribution in [1.82, 2.24) is 0 Å². The Balaban J connectivity index is 2.34. The van der Waals surface area contributed by atoms with Crippen LogP contribution in [0.3, 0.4) is 0 Å². The van der Waals surface area contributed by atoms with E-state index in [0.717, 1.165) is 16.8 Å². The first-order valence-corrected chi connectivity index (χ1v) is 5.23. The molecule has 1 heterocycles. The van der Waals surface area contributed by atoms with Crippen molar-refractivity contribution in [2.45, 2.75) is 19.9 Å². The first-order chi connectivity index (χ1) is 7.61. The van der Waals surface area contributed by atoms with Gasteiger partial charge in [-0.3, -0.25) is 9.59 Å². The van der Waals surface area contributed by atoms with Gasteiger partial charge in [0.25, 0.3) is 0 Å². The Hall–Kier alpha value is -1.68.